The minimum absolute atomic E-state index is 0.149. The van der Waals surface area contributed by atoms with Crippen molar-refractivity contribution in [2.45, 2.75) is 84.0 Å². The fourth-order valence-electron chi connectivity index (χ4n) is 11.8. The molecule has 4 heteroatoms. The number of anilines is 6. The summed E-state index contributed by atoms with van der Waals surface area (Å²) in [6.07, 6.45) is 5.06. The second-order valence-corrected chi connectivity index (χ2v) is 27.7. The largest absolute Gasteiger partial charge is 0.311 e. The number of rotatable bonds is 8. The summed E-state index contributed by atoms with van der Waals surface area (Å²) in [6, 6.07) is 63.9. The highest BCUT2D eigenvalue weighted by Gasteiger charge is 2.47. The van der Waals surface area contributed by atoms with E-state index in [2.05, 4.69) is 208 Å². The number of hydrogen-bond acceptors (Lipinski definition) is 2. The van der Waals surface area contributed by atoms with E-state index >= 15 is 0 Å². The topological polar surface area (TPSA) is 6.48 Å². The third-order valence-corrected chi connectivity index (χ3v) is 23.9. The zero-order valence-electron chi connectivity index (χ0n) is 36.6. The predicted molar refractivity (Wildman–Crippen MR) is 270 cm³/mol. The van der Waals surface area contributed by atoms with Gasteiger partial charge in [0, 0.05) is 28.2 Å². The number of para-hydroxylation sites is 3. The normalized spacial score (nSPS) is 16.1. The Balaban J connectivity index is 1.06. The molecule has 3 heterocycles. The molecule has 0 saturated carbocycles. The van der Waals surface area contributed by atoms with Crippen LogP contribution in [0.25, 0.3) is 32.7 Å². The molecule has 0 bridgehead atoms. The second kappa shape index (κ2) is 14.2. The summed E-state index contributed by atoms with van der Waals surface area (Å²) in [5.74, 6) is 0. The molecule has 0 saturated heterocycles. The van der Waals surface area contributed by atoms with Gasteiger partial charge in [0.1, 0.15) is 16.1 Å². The van der Waals surface area contributed by atoms with Gasteiger partial charge in [-0.05, 0) is 131 Å². The Labute approximate surface area is 364 Å². The monoisotopic (exact) mass is 824 g/mol. The Kier molecular flexibility index (Phi) is 8.90. The van der Waals surface area contributed by atoms with Gasteiger partial charge in [0.2, 0.25) is 0 Å². The van der Waals surface area contributed by atoms with E-state index in [4.69, 9.17) is 0 Å². The van der Waals surface area contributed by atoms with Crippen LogP contribution in [0.1, 0.15) is 64.5 Å². The van der Waals surface area contributed by atoms with Gasteiger partial charge in [0.15, 0.2) is 0 Å². The molecule has 8 aromatic rings. The van der Waals surface area contributed by atoms with Crippen molar-refractivity contribution in [1.29, 1.82) is 0 Å². The summed E-state index contributed by atoms with van der Waals surface area (Å²) in [7, 11) is -3.86. The first-order valence-electron chi connectivity index (χ1n) is 22.8. The van der Waals surface area contributed by atoms with Crippen molar-refractivity contribution in [1.82, 2.24) is 0 Å². The average molecular weight is 825 g/mol. The zero-order valence-corrected chi connectivity index (χ0v) is 38.6. The SMILES string of the molecule is CCCC[Si]1(CCCC)c2ccccc2-c2cc3c(cc21)N(c1ccc2c(ccc4cc(N5c6ccccc6[Si](C)(C)c6ccccc65)ccc42)c1)c1ccccc1C3(C)C. The maximum absolute atomic E-state index is 2.70. The number of nitrogens with zero attached hydrogens (tertiary/aromatic N) is 2. The van der Waals surface area contributed by atoms with Crippen molar-refractivity contribution in [3.05, 3.63) is 169 Å². The van der Waals surface area contributed by atoms with Crippen LogP contribution >= 0.6 is 0 Å². The Hall–Kier alpha value is -5.69. The minimum Gasteiger partial charge on any atom is -0.311 e. The smallest absolute Gasteiger partial charge is 0.119 e. The summed E-state index contributed by atoms with van der Waals surface area (Å²) < 4.78 is 0. The molecule has 0 amide bonds. The molecule has 0 spiro atoms. The maximum atomic E-state index is 2.70. The predicted octanol–water partition coefficient (Wildman–Crippen LogP) is 13.9. The van der Waals surface area contributed by atoms with E-state index < -0.39 is 16.1 Å². The van der Waals surface area contributed by atoms with Crippen LogP contribution < -0.4 is 30.5 Å². The van der Waals surface area contributed by atoms with Gasteiger partial charge in [0.05, 0.1) is 11.4 Å². The molecule has 0 aliphatic carbocycles. The van der Waals surface area contributed by atoms with Gasteiger partial charge in [-0.25, -0.2) is 0 Å². The molecule has 0 aromatic heterocycles. The van der Waals surface area contributed by atoms with Crippen LogP contribution in [0, 0.1) is 0 Å². The number of fused-ring (bicyclic) bond motifs is 10. The summed E-state index contributed by atoms with van der Waals surface area (Å²) in [6.45, 7) is 14.6. The molecular formula is C57H56N2Si2. The van der Waals surface area contributed by atoms with Crippen molar-refractivity contribution >= 4 is 92.6 Å². The summed E-state index contributed by atoms with van der Waals surface area (Å²) >= 11 is 0. The lowest BCUT2D eigenvalue weighted by Crippen LogP contribution is -2.58. The zero-order chi connectivity index (χ0) is 41.7. The fraction of sp³-hybridized carbons (Fsp3) is 0.228. The molecule has 0 N–H and O–H groups in total. The Morgan fingerprint density at radius 2 is 0.951 bits per heavy atom. The van der Waals surface area contributed by atoms with Gasteiger partial charge in [-0.2, -0.15) is 0 Å². The molecule has 0 fully saturated rings. The highest BCUT2D eigenvalue weighted by atomic mass is 28.3. The Bertz CT molecular complexity index is 2990. The second-order valence-electron chi connectivity index (χ2n) is 19.1. The van der Waals surface area contributed by atoms with Crippen LogP contribution in [0.5, 0.6) is 0 Å². The third-order valence-electron chi connectivity index (χ3n) is 15.0. The van der Waals surface area contributed by atoms with Crippen molar-refractivity contribution < 1.29 is 0 Å². The van der Waals surface area contributed by atoms with Crippen LogP contribution in [0.3, 0.4) is 0 Å². The lowest BCUT2D eigenvalue weighted by Gasteiger charge is -2.43. The molecule has 11 rings (SSSR count). The lowest BCUT2D eigenvalue weighted by molar-refractivity contribution is 0.632. The molecule has 0 unspecified atom stereocenters. The highest BCUT2D eigenvalue weighted by molar-refractivity contribution is 7.05. The van der Waals surface area contributed by atoms with E-state index in [1.807, 2.05) is 0 Å². The van der Waals surface area contributed by atoms with Crippen molar-refractivity contribution in [3.63, 3.8) is 0 Å². The van der Waals surface area contributed by atoms with Crippen molar-refractivity contribution in [3.8, 4) is 11.1 Å². The van der Waals surface area contributed by atoms with E-state index in [0.717, 1.165) is 0 Å². The molecule has 8 aromatic carbocycles. The molecule has 3 aliphatic heterocycles. The van der Waals surface area contributed by atoms with E-state index in [0.29, 0.717) is 0 Å². The quantitative estimate of drug-likeness (QED) is 0.111. The fourth-order valence-corrected chi connectivity index (χ4v) is 20.6. The number of unbranched alkanes of at least 4 members (excludes halogenated alkanes) is 2. The first-order chi connectivity index (χ1) is 29.7. The first kappa shape index (κ1) is 38.3. The van der Waals surface area contributed by atoms with Gasteiger partial charge in [-0.15, -0.1) is 0 Å². The van der Waals surface area contributed by atoms with Crippen LogP contribution in [-0.4, -0.2) is 16.1 Å². The van der Waals surface area contributed by atoms with Gasteiger partial charge in [-0.1, -0.05) is 170 Å². The molecule has 0 radical (unpaired) electrons. The molecule has 302 valence electrons. The van der Waals surface area contributed by atoms with Gasteiger partial charge >= 0.3 is 0 Å². The van der Waals surface area contributed by atoms with Crippen LogP contribution in [-0.2, 0) is 5.41 Å². The van der Waals surface area contributed by atoms with Crippen LogP contribution in [0.2, 0.25) is 25.2 Å². The van der Waals surface area contributed by atoms with Gasteiger partial charge in [-0.3, -0.25) is 0 Å². The first-order valence-corrected chi connectivity index (χ1v) is 28.2. The molecule has 0 atom stereocenters. The third kappa shape index (κ3) is 5.57. The van der Waals surface area contributed by atoms with E-state index in [1.165, 1.54) is 126 Å². The number of benzene rings is 8. The van der Waals surface area contributed by atoms with E-state index in [1.54, 1.807) is 10.4 Å². The van der Waals surface area contributed by atoms with E-state index in [9.17, 15) is 0 Å². The van der Waals surface area contributed by atoms with Crippen LogP contribution in [0.15, 0.2) is 158 Å². The Morgan fingerprint density at radius 1 is 0.443 bits per heavy atom. The maximum Gasteiger partial charge on any atom is 0.119 e. The molecule has 3 aliphatic rings. The summed E-state index contributed by atoms with van der Waals surface area (Å²) in [5.41, 5.74) is 13.4. The standard InChI is InChI=1S/C57H56N2Si2/c1-7-9-33-61(34-10-8-2)53-24-16-11-19-45(53)46-37-48-52(38-56(46)61)58(49-21-13-12-20-47(49)57(48,3)4)41-29-31-43-39(35-41)27-28-40-36-42(30-32-44(40)43)59-50-22-14-17-25-54(50)60(5,6)55-26-18-15-23-51(55)59/h11-32,35-38H,7-10,33-34H2,1-6H3. The minimum atomic E-state index is -2.01. The molecule has 2 nitrogen and oxygen atoms in total. The Morgan fingerprint density at radius 3 is 1.54 bits per heavy atom. The summed E-state index contributed by atoms with van der Waals surface area (Å²) in [4.78, 5) is 5.11. The average Bonchev–Trinajstić information content (AvgIpc) is 3.55. The summed E-state index contributed by atoms with van der Waals surface area (Å²) in [5, 5.41) is 11.5. The van der Waals surface area contributed by atoms with Gasteiger partial charge < -0.3 is 9.80 Å². The lowest BCUT2D eigenvalue weighted by atomic mass is 9.73. The van der Waals surface area contributed by atoms with Crippen LogP contribution in [0.4, 0.5) is 34.1 Å². The molecule has 61 heavy (non-hydrogen) atoms. The van der Waals surface area contributed by atoms with E-state index in [-0.39, 0.29) is 5.41 Å². The number of hydrogen-bond donors (Lipinski definition) is 0. The van der Waals surface area contributed by atoms with Crippen molar-refractivity contribution in [2.75, 3.05) is 9.80 Å². The highest BCUT2D eigenvalue weighted by Crippen LogP contribution is 2.54. The van der Waals surface area contributed by atoms with Gasteiger partial charge in [0.25, 0.3) is 0 Å². The molecular weight excluding hydrogens is 769 g/mol. The van der Waals surface area contributed by atoms with Crippen molar-refractivity contribution in [2.24, 2.45) is 0 Å².